The number of carbonyl (C=O) groups excluding carboxylic acids is 2. The summed E-state index contributed by atoms with van der Waals surface area (Å²) in [6.07, 6.45) is 8.24. The van der Waals surface area contributed by atoms with Gasteiger partial charge in [0.15, 0.2) is 0 Å². The predicted molar refractivity (Wildman–Crippen MR) is 139 cm³/mol. The van der Waals surface area contributed by atoms with Gasteiger partial charge in [0.2, 0.25) is 5.91 Å². The number of nitrogens with zero attached hydrogens (tertiary/aromatic N) is 3. The lowest BCUT2D eigenvalue weighted by molar-refractivity contribution is -0.134. The average Bonchev–Trinajstić information content (AvgIpc) is 3.31. The van der Waals surface area contributed by atoms with Crippen molar-refractivity contribution >= 4 is 11.8 Å². The Hall–Kier alpha value is -2.87. The van der Waals surface area contributed by atoms with Gasteiger partial charge in [0, 0.05) is 31.9 Å². The Kier molecular flexibility index (Phi) is 8.67. The zero-order valence-electron chi connectivity index (χ0n) is 21.9. The first-order valence-electron chi connectivity index (χ1n) is 13.4. The van der Waals surface area contributed by atoms with E-state index >= 15 is 0 Å². The number of hydrogen-bond donors (Lipinski definition) is 1. The largest absolute Gasteiger partial charge is 0.494 e. The fourth-order valence-corrected chi connectivity index (χ4v) is 5.14. The van der Waals surface area contributed by atoms with Crippen molar-refractivity contribution in [2.24, 2.45) is 0 Å². The number of rotatable bonds is 11. The van der Waals surface area contributed by atoms with Gasteiger partial charge in [-0.05, 0) is 62.9 Å². The molecule has 2 aliphatic rings. The van der Waals surface area contributed by atoms with Crippen LogP contribution in [0.3, 0.4) is 0 Å². The molecule has 36 heavy (non-hydrogen) atoms. The number of fused-ring (bicyclic) bond motifs is 1. The Balaban J connectivity index is 1.57. The van der Waals surface area contributed by atoms with Crippen LogP contribution in [0.1, 0.15) is 75.7 Å². The molecule has 1 saturated carbocycles. The van der Waals surface area contributed by atoms with Crippen LogP contribution in [0.2, 0.25) is 0 Å². The molecular weight excluding hydrogens is 456 g/mol. The monoisotopic (exact) mass is 496 g/mol. The van der Waals surface area contributed by atoms with E-state index in [9.17, 15) is 9.59 Å². The van der Waals surface area contributed by atoms with Crippen molar-refractivity contribution in [2.45, 2.75) is 83.3 Å². The Morgan fingerprint density at radius 2 is 1.89 bits per heavy atom. The van der Waals surface area contributed by atoms with Crippen molar-refractivity contribution in [3.63, 3.8) is 0 Å². The zero-order chi connectivity index (χ0) is 25.5. The van der Waals surface area contributed by atoms with Crippen molar-refractivity contribution in [2.75, 3.05) is 26.9 Å². The highest BCUT2D eigenvalue weighted by atomic mass is 16.5. The molecule has 8 heteroatoms. The van der Waals surface area contributed by atoms with Crippen molar-refractivity contribution in [3.05, 3.63) is 36.0 Å². The molecule has 0 spiro atoms. The SMILES string of the molecule is CCCCOc1ccc(-c2cc3n(n2)C[C@@](C)(C(=O)NC2CCCCC2)N(CCCOC)C3=O)cc1. The molecule has 2 heterocycles. The number of amides is 2. The number of benzene rings is 1. The van der Waals surface area contributed by atoms with E-state index in [2.05, 4.69) is 12.2 Å². The van der Waals surface area contributed by atoms with Crippen molar-refractivity contribution in [1.82, 2.24) is 20.0 Å². The summed E-state index contributed by atoms with van der Waals surface area (Å²) in [5.74, 6) is 0.553. The van der Waals surface area contributed by atoms with E-state index in [0.29, 0.717) is 44.1 Å². The van der Waals surface area contributed by atoms with Crippen LogP contribution in [0, 0.1) is 0 Å². The predicted octanol–water partition coefficient (Wildman–Crippen LogP) is 4.43. The van der Waals surface area contributed by atoms with E-state index < -0.39 is 5.54 Å². The quantitative estimate of drug-likeness (QED) is 0.465. The highest BCUT2D eigenvalue weighted by molar-refractivity contribution is 6.00. The summed E-state index contributed by atoms with van der Waals surface area (Å²) in [7, 11) is 1.65. The molecule has 196 valence electrons. The summed E-state index contributed by atoms with van der Waals surface area (Å²) in [4.78, 5) is 29.0. The average molecular weight is 497 g/mol. The third kappa shape index (κ3) is 5.75. The van der Waals surface area contributed by atoms with Gasteiger partial charge in [-0.25, -0.2) is 0 Å². The summed E-state index contributed by atoms with van der Waals surface area (Å²) >= 11 is 0. The minimum atomic E-state index is -1.02. The smallest absolute Gasteiger partial charge is 0.273 e. The maximum atomic E-state index is 13.7. The Labute approximate surface area is 214 Å². The van der Waals surface area contributed by atoms with Gasteiger partial charge in [0.25, 0.3) is 5.91 Å². The molecule has 1 aliphatic heterocycles. The standard InChI is InChI=1S/C28H40N4O4/c1-4-5-18-36-23-14-12-21(13-15-23)24-19-25-26(33)31(16-9-17-35-3)28(2,20-32(25)30-24)27(34)29-22-10-7-6-8-11-22/h12-15,19,22H,4-11,16-18,20H2,1-3H3,(H,29,34)/t28-/m0/s1. The molecule has 0 bridgehead atoms. The zero-order valence-corrected chi connectivity index (χ0v) is 21.9. The third-order valence-electron chi connectivity index (χ3n) is 7.37. The second kappa shape index (κ2) is 11.9. The number of hydrogen-bond acceptors (Lipinski definition) is 5. The van der Waals surface area contributed by atoms with E-state index in [1.807, 2.05) is 37.3 Å². The molecule has 1 N–H and O–H groups in total. The minimum Gasteiger partial charge on any atom is -0.494 e. The van der Waals surface area contributed by atoms with Crippen molar-refractivity contribution < 1.29 is 19.1 Å². The summed E-state index contributed by atoms with van der Waals surface area (Å²) in [6, 6.07) is 9.80. The lowest BCUT2D eigenvalue weighted by Crippen LogP contribution is -2.65. The highest BCUT2D eigenvalue weighted by Crippen LogP contribution is 2.31. The van der Waals surface area contributed by atoms with E-state index in [0.717, 1.165) is 49.8 Å². The third-order valence-corrected chi connectivity index (χ3v) is 7.37. The first-order valence-corrected chi connectivity index (χ1v) is 13.4. The summed E-state index contributed by atoms with van der Waals surface area (Å²) in [6.45, 7) is 5.99. The number of methoxy groups -OCH3 is 1. The van der Waals surface area contributed by atoms with Gasteiger partial charge in [-0.15, -0.1) is 0 Å². The highest BCUT2D eigenvalue weighted by Gasteiger charge is 2.48. The second-order valence-electron chi connectivity index (χ2n) is 10.2. The summed E-state index contributed by atoms with van der Waals surface area (Å²) < 4.78 is 12.7. The first kappa shape index (κ1) is 26.2. The van der Waals surface area contributed by atoms with Gasteiger partial charge >= 0.3 is 0 Å². The number of nitrogens with one attached hydrogen (secondary N) is 1. The molecule has 0 saturated heterocycles. The number of aromatic nitrogens is 2. The molecule has 8 nitrogen and oxygen atoms in total. The number of ether oxygens (including phenoxy) is 2. The number of carbonyl (C=O) groups is 2. The van der Waals surface area contributed by atoms with Crippen molar-refractivity contribution in [1.29, 1.82) is 0 Å². The fraction of sp³-hybridized carbons (Fsp3) is 0.607. The molecule has 1 fully saturated rings. The lowest BCUT2D eigenvalue weighted by Gasteiger charge is -2.44. The molecule has 1 aliphatic carbocycles. The van der Waals surface area contributed by atoms with Crippen LogP contribution in [-0.4, -0.2) is 64.9 Å². The molecule has 2 aromatic rings. The van der Waals surface area contributed by atoms with Crippen LogP contribution >= 0.6 is 0 Å². The van der Waals surface area contributed by atoms with Crippen LogP contribution in [0.5, 0.6) is 5.75 Å². The molecule has 0 unspecified atom stereocenters. The van der Waals surface area contributed by atoms with Gasteiger partial charge in [-0.2, -0.15) is 5.10 Å². The maximum absolute atomic E-state index is 13.7. The normalized spacial score (nSPS) is 20.3. The maximum Gasteiger partial charge on any atom is 0.273 e. The topological polar surface area (TPSA) is 85.7 Å². The summed E-state index contributed by atoms with van der Waals surface area (Å²) in [5, 5.41) is 8.00. The first-order chi connectivity index (χ1) is 17.5. The minimum absolute atomic E-state index is 0.101. The lowest BCUT2D eigenvalue weighted by atomic mass is 9.91. The van der Waals surface area contributed by atoms with Crippen LogP contribution in [-0.2, 0) is 16.1 Å². The van der Waals surface area contributed by atoms with Crippen LogP contribution < -0.4 is 10.1 Å². The van der Waals surface area contributed by atoms with Gasteiger partial charge < -0.3 is 19.7 Å². The fourth-order valence-electron chi connectivity index (χ4n) is 5.14. The Morgan fingerprint density at radius 1 is 1.14 bits per heavy atom. The summed E-state index contributed by atoms with van der Waals surface area (Å²) in [5.41, 5.74) is 1.11. The molecule has 4 rings (SSSR count). The van der Waals surface area contributed by atoms with E-state index in [-0.39, 0.29) is 17.9 Å². The Morgan fingerprint density at radius 3 is 2.58 bits per heavy atom. The van der Waals surface area contributed by atoms with Crippen molar-refractivity contribution in [3.8, 4) is 17.0 Å². The molecule has 2 amide bonds. The molecule has 1 atom stereocenters. The molecule has 1 aromatic carbocycles. The Bertz CT molecular complexity index is 1030. The van der Waals surface area contributed by atoms with Gasteiger partial charge in [-0.3, -0.25) is 14.3 Å². The van der Waals surface area contributed by atoms with Crippen LogP contribution in [0.15, 0.2) is 30.3 Å². The van der Waals surface area contributed by atoms with Crippen LogP contribution in [0.4, 0.5) is 0 Å². The van der Waals surface area contributed by atoms with E-state index in [4.69, 9.17) is 14.6 Å². The molecule has 0 radical (unpaired) electrons. The van der Waals surface area contributed by atoms with Gasteiger partial charge in [0.05, 0.1) is 18.8 Å². The van der Waals surface area contributed by atoms with Gasteiger partial charge in [-0.1, -0.05) is 32.6 Å². The van der Waals surface area contributed by atoms with E-state index in [1.54, 1.807) is 16.7 Å². The second-order valence-corrected chi connectivity index (χ2v) is 10.2. The van der Waals surface area contributed by atoms with Gasteiger partial charge in [0.1, 0.15) is 17.0 Å². The molecular formula is C28H40N4O4. The number of unbranched alkanes of at least 4 members (excludes halogenated alkanes) is 1. The van der Waals surface area contributed by atoms with E-state index in [1.165, 1.54) is 6.42 Å². The van der Waals surface area contributed by atoms with Crippen LogP contribution in [0.25, 0.3) is 11.3 Å². The molecule has 1 aromatic heterocycles.